The molecule has 6 nitrogen and oxygen atoms in total. The topological polar surface area (TPSA) is 32.0 Å². The predicted octanol–water partition coefficient (Wildman–Crippen LogP) is 17.1. The van der Waals surface area contributed by atoms with Crippen molar-refractivity contribution >= 4 is 66.4 Å². The van der Waals surface area contributed by atoms with Crippen LogP contribution in [0.1, 0.15) is 117 Å². The number of hydrogen-bond donors (Lipinski definition) is 0. The SMILES string of the molecule is [2H]c1c([2H])c([2H])c2c(c1[2H])c1c([2H])c([2H])c([2H])c([2H])c1n2-c1cc(Oc2[c-]c([N@@+]34[CH-][N@@+](c5cc(C(C)(C)C)cc(C(C)(C)C)c5)(C3)c3c(C([2H])(C)C)cccc34)ccc2)[c-]c2c1c1ccccc1n2-c1cc(C(C)(C)C)ccn1.[Pt]. The summed E-state index contributed by atoms with van der Waals surface area (Å²) in [5, 5.41) is 1.26. The fourth-order valence-corrected chi connectivity index (χ4v) is 10.8. The molecular formula is C64H62N5OPt-. The van der Waals surface area contributed by atoms with Gasteiger partial charge in [-0.15, -0.1) is 24.3 Å². The predicted molar refractivity (Wildman–Crippen MR) is 292 cm³/mol. The third-order valence-electron chi connectivity index (χ3n) is 14.5. The third kappa shape index (κ3) is 7.26. The van der Waals surface area contributed by atoms with Gasteiger partial charge in [-0.3, -0.25) is 4.48 Å². The summed E-state index contributed by atoms with van der Waals surface area (Å²) in [5.74, 6) is 0.236. The Morgan fingerprint density at radius 2 is 1.28 bits per heavy atom. The van der Waals surface area contributed by atoms with Crippen molar-refractivity contribution in [1.29, 1.82) is 0 Å². The maximum Gasteiger partial charge on any atom is 0.184 e. The molecule has 0 aliphatic carbocycles. The Morgan fingerprint density at radius 1 is 0.648 bits per heavy atom. The number of aromatic nitrogens is 3. The van der Waals surface area contributed by atoms with Crippen molar-refractivity contribution in [3.05, 3.63) is 193 Å². The first-order valence-corrected chi connectivity index (χ1v) is 24.1. The minimum atomic E-state index is -0.922. The number of nitrogens with zero attached hydrogens (tertiary/aromatic N) is 5. The Labute approximate surface area is 446 Å². The van der Waals surface area contributed by atoms with E-state index in [9.17, 15) is 6.85 Å². The first-order valence-electron chi connectivity index (χ1n) is 28.6. The van der Waals surface area contributed by atoms with Crippen molar-refractivity contribution in [2.24, 2.45) is 0 Å². The molecule has 0 amide bonds. The molecule has 1 saturated heterocycles. The molecule has 13 rings (SSSR count). The van der Waals surface area contributed by atoms with E-state index in [1.165, 1.54) is 11.1 Å². The van der Waals surface area contributed by atoms with E-state index in [1.54, 1.807) is 16.8 Å². The van der Waals surface area contributed by atoms with Gasteiger partial charge in [-0.2, -0.15) is 6.07 Å². The van der Waals surface area contributed by atoms with Gasteiger partial charge >= 0.3 is 0 Å². The molecule has 0 unspecified atom stereocenters. The molecular weight excluding hydrogens is 1050 g/mol. The molecule has 10 aromatic rings. The molecule has 3 aliphatic heterocycles. The van der Waals surface area contributed by atoms with Crippen molar-refractivity contribution in [1.82, 2.24) is 23.1 Å². The average molecular weight is 1120 g/mol. The van der Waals surface area contributed by atoms with Gasteiger partial charge in [-0.25, -0.2) is 4.98 Å². The number of quaternary nitrogens is 2. The largest absolute Gasteiger partial charge is 0.509 e. The molecule has 0 spiro atoms. The van der Waals surface area contributed by atoms with Crippen molar-refractivity contribution in [3.8, 4) is 23.0 Å². The van der Waals surface area contributed by atoms with E-state index in [0.29, 0.717) is 43.8 Å². The van der Waals surface area contributed by atoms with Gasteiger partial charge in [0, 0.05) is 85.9 Å². The van der Waals surface area contributed by atoms with E-state index < -0.39 is 54.2 Å². The van der Waals surface area contributed by atoms with Crippen LogP contribution in [0.5, 0.6) is 11.5 Å². The average Bonchev–Trinajstić information content (AvgIpc) is 3.68. The molecule has 360 valence electrons. The van der Waals surface area contributed by atoms with E-state index in [0.717, 1.165) is 44.8 Å². The zero-order chi connectivity index (χ0) is 56.6. The van der Waals surface area contributed by atoms with E-state index in [2.05, 4.69) is 124 Å². The number of fused-ring (bicyclic) bond motifs is 6. The van der Waals surface area contributed by atoms with Gasteiger partial charge in [0.05, 0.1) is 28.7 Å². The van der Waals surface area contributed by atoms with Gasteiger partial charge < -0.3 is 18.4 Å². The summed E-state index contributed by atoms with van der Waals surface area (Å²) in [5.41, 5.74) is 9.62. The Morgan fingerprint density at radius 3 is 1.93 bits per heavy atom. The normalized spacial score (nSPS) is 19.7. The number of para-hydroxylation sites is 4. The second-order valence-corrected chi connectivity index (χ2v) is 22.5. The third-order valence-corrected chi connectivity index (χ3v) is 14.5. The minimum Gasteiger partial charge on any atom is -0.509 e. The van der Waals surface area contributed by atoms with Crippen molar-refractivity contribution < 1.29 is 38.1 Å². The Balaban J connectivity index is 0.00000675. The van der Waals surface area contributed by atoms with Gasteiger partial charge in [-0.1, -0.05) is 166 Å². The number of ether oxygens (including phenoxy) is 1. The standard InChI is InChI=1S/C64H62N5O.Pt/c1-41(2)49-25-19-29-58-61(49)69(46-33-43(63(6,7)8)32-44(34-46)64(9,10)11)39-68(58,40-69)45-20-18-21-47(36-45)70-48-37-56(66-53-26-15-12-22-50(53)51-23-13-16-27-54(51)66)60-52-24-14-17-28-55(52)67(57(60)38-48)59-35-42(30-31-65-59)62(3,4)5;/h12-35,37,39,41H,40H2,1-11H3;/q-1;/t68-,69+;/m1./s1/i12D,13D,15D,16D,22D,23D,26D,27D,41D;. The van der Waals surface area contributed by atoms with E-state index in [-0.39, 0.29) is 64.9 Å². The zero-order valence-electron chi connectivity index (χ0n) is 51.1. The number of hydrogen-bond acceptors (Lipinski definition) is 2. The Kier molecular flexibility index (Phi) is 8.64. The Bertz CT molecular complexity index is 4170. The molecule has 3 aliphatic rings. The van der Waals surface area contributed by atoms with Gasteiger partial charge in [0.25, 0.3) is 0 Å². The van der Waals surface area contributed by atoms with Gasteiger partial charge in [0.2, 0.25) is 0 Å². The van der Waals surface area contributed by atoms with Crippen LogP contribution in [-0.4, -0.2) is 20.8 Å². The van der Waals surface area contributed by atoms with Crippen LogP contribution in [0.15, 0.2) is 152 Å². The molecule has 2 atom stereocenters. The quantitative estimate of drug-likeness (QED) is 0.118. The van der Waals surface area contributed by atoms with Gasteiger partial charge in [0.15, 0.2) is 18.0 Å². The Hall–Kier alpha value is -6.30. The molecule has 3 aromatic heterocycles. The van der Waals surface area contributed by atoms with Crippen molar-refractivity contribution in [2.75, 3.05) is 6.67 Å². The summed E-state index contributed by atoms with van der Waals surface area (Å²) in [6, 6.07) is 36.3. The molecule has 0 radical (unpaired) electrons. The molecule has 71 heavy (non-hydrogen) atoms. The van der Waals surface area contributed by atoms with Crippen LogP contribution in [0.3, 0.4) is 0 Å². The van der Waals surface area contributed by atoms with E-state index in [1.807, 2.05) is 66.9 Å². The van der Waals surface area contributed by atoms with Crippen LogP contribution in [0.2, 0.25) is 0 Å². The maximum absolute atomic E-state index is 9.51. The van der Waals surface area contributed by atoms with E-state index >= 15 is 0 Å². The maximum atomic E-state index is 9.51. The van der Waals surface area contributed by atoms with Crippen LogP contribution < -0.4 is 13.7 Å². The first-order chi connectivity index (χ1) is 37.0. The van der Waals surface area contributed by atoms with Crippen LogP contribution in [0, 0.1) is 18.8 Å². The summed E-state index contributed by atoms with van der Waals surface area (Å²) in [7, 11) is 0. The molecule has 1 fully saturated rings. The van der Waals surface area contributed by atoms with Crippen LogP contribution in [0.25, 0.3) is 55.1 Å². The molecule has 7 aromatic carbocycles. The summed E-state index contributed by atoms with van der Waals surface area (Å²) in [6.07, 6.45) is 1.78. The van der Waals surface area contributed by atoms with Gasteiger partial charge in [-0.05, 0) is 80.2 Å². The fourth-order valence-electron chi connectivity index (χ4n) is 10.8. The van der Waals surface area contributed by atoms with Crippen molar-refractivity contribution in [2.45, 2.75) is 98.3 Å². The number of pyridine rings is 1. The van der Waals surface area contributed by atoms with Crippen LogP contribution in [0.4, 0.5) is 22.7 Å². The number of rotatable bonds is 7. The molecule has 6 heterocycles. The van der Waals surface area contributed by atoms with Crippen LogP contribution >= 0.6 is 0 Å². The smallest absolute Gasteiger partial charge is 0.184 e. The summed E-state index contributed by atoms with van der Waals surface area (Å²) < 4.78 is 93.8. The molecule has 7 heteroatoms. The first kappa shape index (κ1) is 37.5. The monoisotopic (exact) mass is 1120 g/mol. The molecule has 2 bridgehead atoms. The molecule has 0 N–H and O–H groups in total. The van der Waals surface area contributed by atoms with Crippen molar-refractivity contribution in [3.63, 3.8) is 0 Å². The molecule has 0 saturated carbocycles. The summed E-state index contributed by atoms with van der Waals surface area (Å²) in [4.78, 5) is 4.93. The minimum absolute atomic E-state index is 0. The second kappa shape index (κ2) is 16.4. The second-order valence-electron chi connectivity index (χ2n) is 22.5. The summed E-state index contributed by atoms with van der Waals surface area (Å²) >= 11 is 0. The van der Waals surface area contributed by atoms with E-state index in [4.69, 9.17) is 15.2 Å². The van der Waals surface area contributed by atoms with Gasteiger partial charge in [0.1, 0.15) is 11.5 Å². The van der Waals surface area contributed by atoms with Crippen LogP contribution in [-0.2, 0) is 37.3 Å². The number of benzene rings is 7. The zero-order valence-corrected chi connectivity index (χ0v) is 44.3. The summed E-state index contributed by atoms with van der Waals surface area (Å²) in [6.45, 7) is 26.8. The fraction of sp³-hybridized carbons (Fsp3) is 0.250.